The smallest absolute Gasteiger partial charge is 0.295 e. The number of likely N-dealkylation sites (N-methyl/N-ethyl adjacent to an activating group) is 1. The Kier molecular flexibility index (Phi) is 9.53. The van der Waals surface area contributed by atoms with Crippen molar-refractivity contribution in [2.24, 2.45) is 0 Å². The molecule has 0 radical (unpaired) electrons. The van der Waals surface area contributed by atoms with Crippen LogP contribution in [0.3, 0.4) is 0 Å². The number of ether oxygens (including phenoxy) is 2. The largest absolute Gasteiger partial charge is 0.507 e. The van der Waals surface area contributed by atoms with Gasteiger partial charge in [-0.05, 0) is 75.3 Å². The molecule has 7 nitrogen and oxygen atoms in total. The van der Waals surface area contributed by atoms with Gasteiger partial charge >= 0.3 is 0 Å². The molecular weight excluding hydrogens is 456 g/mol. The zero-order valence-electron chi connectivity index (χ0n) is 22.0. The van der Waals surface area contributed by atoms with E-state index in [1.165, 1.54) is 0 Å². The summed E-state index contributed by atoms with van der Waals surface area (Å²) in [5, 5.41) is 11.3. The van der Waals surface area contributed by atoms with Gasteiger partial charge in [0.15, 0.2) is 0 Å². The van der Waals surface area contributed by atoms with Gasteiger partial charge in [0.2, 0.25) is 0 Å². The summed E-state index contributed by atoms with van der Waals surface area (Å²) in [5.74, 6) is -0.0707. The van der Waals surface area contributed by atoms with Gasteiger partial charge in [0, 0.05) is 18.7 Å². The number of Topliss-reactive ketones (excluding diaryl/α,β-unsaturated/α-hetero) is 1. The summed E-state index contributed by atoms with van der Waals surface area (Å²) in [5.41, 5.74) is 1.30. The molecule has 0 saturated carbocycles. The van der Waals surface area contributed by atoms with Crippen LogP contribution in [0.5, 0.6) is 11.5 Å². The Morgan fingerprint density at radius 1 is 0.972 bits per heavy atom. The summed E-state index contributed by atoms with van der Waals surface area (Å²) in [6.07, 6.45) is 0.915. The van der Waals surface area contributed by atoms with Crippen molar-refractivity contribution >= 4 is 17.4 Å². The fourth-order valence-electron chi connectivity index (χ4n) is 4.33. The Hall–Kier alpha value is -3.32. The maximum Gasteiger partial charge on any atom is 0.295 e. The zero-order chi connectivity index (χ0) is 26.2. The summed E-state index contributed by atoms with van der Waals surface area (Å²) >= 11 is 0. The van der Waals surface area contributed by atoms with Crippen LogP contribution in [0.4, 0.5) is 0 Å². The molecule has 1 atom stereocenters. The minimum atomic E-state index is -0.688. The maximum absolute atomic E-state index is 13.2. The molecule has 0 aromatic heterocycles. The van der Waals surface area contributed by atoms with Gasteiger partial charge in [-0.1, -0.05) is 32.9 Å². The number of aliphatic hydroxyl groups is 1. The van der Waals surface area contributed by atoms with Crippen molar-refractivity contribution in [2.45, 2.75) is 53.2 Å². The molecule has 0 aliphatic carbocycles. The number of hydrogen-bond acceptors (Lipinski definition) is 6. The van der Waals surface area contributed by atoms with Crippen LogP contribution in [0.1, 0.15) is 58.2 Å². The highest BCUT2D eigenvalue weighted by atomic mass is 16.5. The van der Waals surface area contributed by atoms with Crippen LogP contribution in [0, 0.1) is 0 Å². The van der Waals surface area contributed by atoms with Crippen LogP contribution in [-0.4, -0.2) is 65.5 Å². The van der Waals surface area contributed by atoms with E-state index in [9.17, 15) is 14.7 Å². The van der Waals surface area contributed by atoms with Crippen molar-refractivity contribution in [1.29, 1.82) is 0 Å². The van der Waals surface area contributed by atoms with Crippen LogP contribution >= 0.6 is 0 Å². The number of aliphatic hydroxyl groups excluding tert-OH is 1. The molecule has 7 heteroatoms. The molecule has 1 aliphatic heterocycles. The number of nitrogens with zero attached hydrogens (tertiary/aromatic N) is 2. The molecule has 194 valence electrons. The third kappa shape index (κ3) is 6.26. The molecule has 2 aromatic carbocycles. The summed E-state index contributed by atoms with van der Waals surface area (Å²) in [6.45, 7) is 13.4. The van der Waals surface area contributed by atoms with E-state index in [0.717, 1.165) is 30.8 Å². The lowest BCUT2D eigenvalue weighted by Gasteiger charge is -2.28. The number of amides is 1. The van der Waals surface area contributed by atoms with E-state index in [1.807, 2.05) is 45.0 Å². The second-order valence-corrected chi connectivity index (χ2v) is 9.13. The van der Waals surface area contributed by atoms with Gasteiger partial charge in [-0.2, -0.15) is 0 Å². The van der Waals surface area contributed by atoms with Gasteiger partial charge in [0.25, 0.3) is 11.7 Å². The highest BCUT2D eigenvalue weighted by Gasteiger charge is 2.46. The van der Waals surface area contributed by atoms with E-state index in [4.69, 9.17) is 9.47 Å². The molecule has 1 unspecified atom stereocenters. The molecule has 1 aliphatic rings. The minimum Gasteiger partial charge on any atom is -0.507 e. The van der Waals surface area contributed by atoms with E-state index in [2.05, 4.69) is 18.7 Å². The predicted molar refractivity (Wildman–Crippen MR) is 141 cm³/mol. The Labute approximate surface area is 214 Å². The van der Waals surface area contributed by atoms with Gasteiger partial charge in [0.1, 0.15) is 17.3 Å². The van der Waals surface area contributed by atoms with E-state index in [0.29, 0.717) is 31.0 Å². The SMILES string of the molecule is CCCOc1ccc(C2C(=C(O)c3ccc(OC(C)C)cc3)C(=O)C(=O)N2CCN(CC)CC)cc1. The second-order valence-electron chi connectivity index (χ2n) is 9.13. The van der Waals surface area contributed by atoms with E-state index in [-0.39, 0.29) is 17.4 Å². The standard InChI is InChI=1S/C29H38N2O5/c1-6-19-35-23-13-9-21(10-14-23)26-25(27(32)22-11-15-24(16-12-22)36-20(4)5)28(33)29(34)31(26)18-17-30(7-2)8-3/h9-16,20,26,32H,6-8,17-19H2,1-5H3. The first kappa shape index (κ1) is 27.3. The highest BCUT2D eigenvalue weighted by molar-refractivity contribution is 6.46. The molecule has 1 amide bonds. The first-order chi connectivity index (χ1) is 17.3. The summed E-state index contributed by atoms with van der Waals surface area (Å²) in [4.78, 5) is 30.2. The molecule has 1 N–H and O–H groups in total. The van der Waals surface area contributed by atoms with Crippen LogP contribution in [0.15, 0.2) is 54.1 Å². The van der Waals surface area contributed by atoms with Crippen molar-refractivity contribution in [3.8, 4) is 11.5 Å². The zero-order valence-corrected chi connectivity index (χ0v) is 22.0. The van der Waals surface area contributed by atoms with Gasteiger partial charge in [-0.3, -0.25) is 9.59 Å². The van der Waals surface area contributed by atoms with Crippen molar-refractivity contribution in [1.82, 2.24) is 9.80 Å². The predicted octanol–water partition coefficient (Wildman–Crippen LogP) is 5.03. The van der Waals surface area contributed by atoms with Crippen molar-refractivity contribution in [3.63, 3.8) is 0 Å². The molecular formula is C29H38N2O5. The second kappa shape index (κ2) is 12.6. The number of hydrogen-bond donors (Lipinski definition) is 1. The van der Waals surface area contributed by atoms with Gasteiger partial charge in [-0.25, -0.2) is 0 Å². The molecule has 36 heavy (non-hydrogen) atoms. The summed E-state index contributed by atoms with van der Waals surface area (Å²) in [6, 6.07) is 13.6. The Balaban J connectivity index is 2.02. The summed E-state index contributed by atoms with van der Waals surface area (Å²) in [7, 11) is 0. The number of rotatable bonds is 12. The molecule has 1 heterocycles. The third-order valence-corrected chi connectivity index (χ3v) is 6.26. The van der Waals surface area contributed by atoms with Crippen LogP contribution in [0.25, 0.3) is 5.76 Å². The first-order valence-electron chi connectivity index (χ1n) is 12.8. The Morgan fingerprint density at radius 2 is 1.58 bits per heavy atom. The fourth-order valence-corrected chi connectivity index (χ4v) is 4.33. The third-order valence-electron chi connectivity index (χ3n) is 6.26. The minimum absolute atomic E-state index is 0.0184. The average molecular weight is 495 g/mol. The number of benzene rings is 2. The lowest BCUT2D eigenvalue weighted by molar-refractivity contribution is -0.140. The Bertz CT molecular complexity index is 1060. The van der Waals surface area contributed by atoms with Gasteiger partial charge < -0.3 is 24.4 Å². The fraction of sp³-hybridized carbons (Fsp3) is 0.448. The van der Waals surface area contributed by atoms with Crippen molar-refractivity contribution < 1.29 is 24.2 Å². The summed E-state index contributed by atoms with van der Waals surface area (Å²) < 4.78 is 11.4. The van der Waals surface area contributed by atoms with Gasteiger partial charge in [-0.15, -0.1) is 0 Å². The normalized spacial score (nSPS) is 17.3. The van der Waals surface area contributed by atoms with Crippen molar-refractivity contribution in [3.05, 3.63) is 65.2 Å². The maximum atomic E-state index is 13.2. The number of carbonyl (C=O) groups excluding carboxylic acids is 2. The molecule has 1 saturated heterocycles. The molecule has 0 spiro atoms. The van der Waals surface area contributed by atoms with Gasteiger partial charge in [0.05, 0.1) is 24.3 Å². The number of ketones is 1. The van der Waals surface area contributed by atoms with E-state index >= 15 is 0 Å². The number of likely N-dealkylation sites (tertiary alicyclic amines) is 1. The lowest BCUT2D eigenvalue weighted by Crippen LogP contribution is -2.38. The van der Waals surface area contributed by atoms with Crippen LogP contribution in [0.2, 0.25) is 0 Å². The lowest BCUT2D eigenvalue weighted by atomic mass is 9.95. The monoisotopic (exact) mass is 494 g/mol. The number of carbonyl (C=O) groups is 2. The highest BCUT2D eigenvalue weighted by Crippen LogP contribution is 2.40. The topological polar surface area (TPSA) is 79.3 Å². The van der Waals surface area contributed by atoms with E-state index < -0.39 is 17.7 Å². The molecule has 2 aromatic rings. The Morgan fingerprint density at radius 3 is 2.14 bits per heavy atom. The molecule has 3 rings (SSSR count). The molecule has 0 bridgehead atoms. The van der Waals surface area contributed by atoms with Crippen LogP contribution < -0.4 is 9.47 Å². The molecule has 1 fully saturated rings. The van der Waals surface area contributed by atoms with Crippen molar-refractivity contribution in [2.75, 3.05) is 32.8 Å². The van der Waals surface area contributed by atoms with E-state index in [1.54, 1.807) is 29.2 Å². The quantitative estimate of drug-likeness (QED) is 0.253. The average Bonchev–Trinajstić information content (AvgIpc) is 3.13. The first-order valence-corrected chi connectivity index (χ1v) is 12.8. The van der Waals surface area contributed by atoms with Crippen LogP contribution in [-0.2, 0) is 9.59 Å².